The molecule has 98 valence electrons. The number of morpholine rings is 1. The minimum atomic E-state index is -0.458. The highest BCUT2D eigenvalue weighted by molar-refractivity contribution is 5.87. The maximum Gasteiger partial charge on any atom is 0.253 e. The number of amides is 2. The van der Waals surface area contributed by atoms with E-state index in [4.69, 9.17) is 4.74 Å². The topological polar surface area (TPSA) is 70.7 Å². The Kier molecular flexibility index (Phi) is 5.93. The first-order chi connectivity index (χ1) is 8.19. The predicted octanol–water partition coefficient (Wildman–Crippen LogP) is -1.04. The fourth-order valence-corrected chi connectivity index (χ4v) is 1.72. The van der Waals surface area contributed by atoms with Gasteiger partial charge in [0.2, 0.25) is 5.91 Å². The van der Waals surface area contributed by atoms with Gasteiger partial charge < -0.3 is 20.3 Å². The Hall–Kier alpha value is -1.14. The fourth-order valence-electron chi connectivity index (χ4n) is 1.72. The van der Waals surface area contributed by atoms with Gasteiger partial charge in [-0.3, -0.25) is 9.59 Å². The number of hydrogen-bond donors (Lipinski definition) is 2. The molecule has 1 unspecified atom stereocenters. The second-order valence-electron chi connectivity index (χ2n) is 4.00. The summed E-state index contributed by atoms with van der Waals surface area (Å²) in [5, 5.41) is 5.63. The third-order valence-electron chi connectivity index (χ3n) is 2.62. The molecule has 0 aliphatic carbocycles. The van der Waals surface area contributed by atoms with E-state index < -0.39 is 6.10 Å². The number of carbonyl (C=O) groups excluding carboxylic acids is 2. The van der Waals surface area contributed by atoms with E-state index in [0.717, 1.165) is 13.0 Å². The first-order valence-corrected chi connectivity index (χ1v) is 6.00. The molecule has 0 saturated carbocycles. The first kappa shape index (κ1) is 13.9. The number of nitrogens with one attached hydrogen (secondary N) is 2. The molecule has 6 heteroatoms. The molecule has 1 heterocycles. The summed E-state index contributed by atoms with van der Waals surface area (Å²) in [4.78, 5) is 25.0. The summed E-state index contributed by atoms with van der Waals surface area (Å²) >= 11 is 0. The Balaban J connectivity index is 2.55. The lowest BCUT2D eigenvalue weighted by Gasteiger charge is -2.29. The number of rotatable bonds is 5. The van der Waals surface area contributed by atoms with Gasteiger partial charge in [0.1, 0.15) is 6.10 Å². The van der Waals surface area contributed by atoms with Crippen LogP contribution in [0.4, 0.5) is 0 Å². The normalized spacial score (nSPS) is 19.8. The van der Waals surface area contributed by atoms with E-state index in [-0.39, 0.29) is 18.4 Å². The van der Waals surface area contributed by atoms with Crippen LogP contribution in [0, 0.1) is 0 Å². The highest BCUT2D eigenvalue weighted by Gasteiger charge is 2.27. The lowest BCUT2D eigenvalue weighted by atomic mass is 10.2. The van der Waals surface area contributed by atoms with Crippen LogP contribution >= 0.6 is 0 Å². The molecule has 1 rings (SSSR count). The molecule has 2 amide bonds. The summed E-state index contributed by atoms with van der Waals surface area (Å²) < 4.78 is 5.40. The molecule has 1 atom stereocenters. The number of likely N-dealkylation sites (N-methyl/N-ethyl adjacent to an activating group) is 1. The molecule has 1 fully saturated rings. The van der Waals surface area contributed by atoms with Crippen molar-refractivity contribution in [3.63, 3.8) is 0 Å². The number of hydrogen-bond acceptors (Lipinski definition) is 4. The van der Waals surface area contributed by atoms with Crippen LogP contribution in [0.5, 0.6) is 0 Å². The zero-order valence-electron chi connectivity index (χ0n) is 10.5. The van der Waals surface area contributed by atoms with Crippen LogP contribution in [0.2, 0.25) is 0 Å². The van der Waals surface area contributed by atoms with E-state index in [1.165, 1.54) is 0 Å². The Labute approximate surface area is 102 Å². The molecule has 1 aliphatic heterocycles. The van der Waals surface area contributed by atoms with Gasteiger partial charge in [-0.05, 0) is 6.42 Å². The number of nitrogens with zero attached hydrogens (tertiary/aromatic N) is 1. The van der Waals surface area contributed by atoms with Gasteiger partial charge in [0, 0.05) is 26.7 Å². The molecular weight excluding hydrogens is 222 g/mol. The highest BCUT2D eigenvalue weighted by Crippen LogP contribution is 2.03. The third-order valence-corrected chi connectivity index (χ3v) is 2.62. The van der Waals surface area contributed by atoms with Gasteiger partial charge in [-0.2, -0.15) is 0 Å². The van der Waals surface area contributed by atoms with Crippen LogP contribution in [0.15, 0.2) is 0 Å². The van der Waals surface area contributed by atoms with Crippen LogP contribution < -0.4 is 10.6 Å². The molecule has 0 aromatic heterocycles. The molecule has 0 bridgehead atoms. The summed E-state index contributed by atoms with van der Waals surface area (Å²) in [6.07, 6.45) is 0.364. The summed E-state index contributed by atoms with van der Waals surface area (Å²) in [7, 11) is 1.57. The summed E-state index contributed by atoms with van der Waals surface area (Å²) in [5.74, 6) is -0.266. The zero-order chi connectivity index (χ0) is 12.7. The van der Waals surface area contributed by atoms with Gasteiger partial charge in [0.15, 0.2) is 0 Å². The maximum atomic E-state index is 12.1. The monoisotopic (exact) mass is 243 g/mol. The lowest BCUT2D eigenvalue weighted by Crippen LogP contribution is -2.51. The first-order valence-electron chi connectivity index (χ1n) is 6.00. The third kappa shape index (κ3) is 4.32. The van der Waals surface area contributed by atoms with Gasteiger partial charge >= 0.3 is 0 Å². The summed E-state index contributed by atoms with van der Waals surface area (Å²) in [6, 6.07) is 0. The average Bonchev–Trinajstić information content (AvgIpc) is 2.38. The van der Waals surface area contributed by atoms with Crippen LogP contribution in [0.3, 0.4) is 0 Å². The lowest BCUT2D eigenvalue weighted by molar-refractivity contribution is -0.147. The van der Waals surface area contributed by atoms with E-state index in [1.54, 1.807) is 11.9 Å². The second kappa shape index (κ2) is 7.24. The SMILES string of the molecule is CCCN(CC(=O)NC)C(=O)C1CNCCO1. The average molecular weight is 243 g/mol. The van der Waals surface area contributed by atoms with Crippen LogP contribution in [-0.4, -0.2) is 62.7 Å². The summed E-state index contributed by atoms with van der Waals surface area (Å²) in [6.45, 7) is 4.48. The van der Waals surface area contributed by atoms with Crippen molar-refractivity contribution in [2.24, 2.45) is 0 Å². The van der Waals surface area contributed by atoms with Crippen molar-refractivity contribution in [3.8, 4) is 0 Å². The Morgan fingerprint density at radius 2 is 2.29 bits per heavy atom. The molecule has 17 heavy (non-hydrogen) atoms. The quantitative estimate of drug-likeness (QED) is 0.647. The molecule has 0 aromatic carbocycles. The van der Waals surface area contributed by atoms with E-state index >= 15 is 0 Å². The van der Waals surface area contributed by atoms with Crippen molar-refractivity contribution < 1.29 is 14.3 Å². The largest absolute Gasteiger partial charge is 0.366 e. The van der Waals surface area contributed by atoms with Crippen molar-refractivity contribution in [1.29, 1.82) is 0 Å². The second-order valence-corrected chi connectivity index (χ2v) is 4.00. The highest BCUT2D eigenvalue weighted by atomic mass is 16.5. The number of carbonyl (C=O) groups is 2. The molecule has 0 radical (unpaired) electrons. The standard InChI is InChI=1S/C11H21N3O3/c1-3-5-14(8-10(15)12-2)11(16)9-7-13-4-6-17-9/h9,13H,3-8H2,1-2H3,(H,12,15). The van der Waals surface area contributed by atoms with Crippen LogP contribution in [-0.2, 0) is 14.3 Å². The van der Waals surface area contributed by atoms with Crippen molar-refractivity contribution in [2.75, 3.05) is 39.8 Å². The molecule has 6 nitrogen and oxygen atoms in total. The van der Waals surface area contributed by atoms with Crippen molar-refractivity contribution >= 4 is 11.8 Å². The number of ether oxygens (including phenoxy) is 1. The van der Waals surface area contributed by atoms with Gasteiger partial charge in [0.05, 0.1) is 13.2 Å². The van der Waals surface area contributed by atoms with Gasteiger partial charge in [0.25, 0.3) is 5.91 Å². The molecule has 0 aromatic rings. The van der Waals surface area contributed by atoms with Crippen LogP contribution in [0.25, 0.3) is 0 Å². The Bertz CT molecular complexity index is 265. The minimum absolute atomic E-state index is 0.100. The van der Waals surface area contributed by atoms with E-state index in [2.05, 4.69) is 10.6 Å². The minimum Gasteiger partial charge on any atom is -0.366 e. The zero-order valence-corrected chi connectivity index (χ0v) is 10.5. The van der Waals surface area contributed by atoms with E-state index in [9.17, 15) is 9.59 Å². The predicted molar refractivity (Wildman–Crippen MR) is 63.5 cm³/mol. The van der Waals surface area contributed by atoms with E-state index in [1.807, 2.05) is 6.92 Å². The Morgan fingerprint density at radius 1 is 1.53 bits per heavy atom. The Morgan fingerprint density at radius 3 is 2.82 bits per heavy atom. The molecule has 2 N–H and O–H groups in total. The summed E-state index contributed by atoms with van der Waals surface area (Å²) in [5.41, 5.74) is 0. The molecule has 1 saturated heterocycles. The van der Waals surface area contributed by atoms with Gasteiger partial charge in [-0.25, -0.2) is 0 Å². The maximum absolute atomic E-state index is 12.1. The van der Waals surface area contributed by atoms with Crippen LogP contribution in [0.1, 0.15) is 13.3 Å². The van der Waals surface area contributed by atoms with Crippen molar-refractivity contribution in [2.45, 2.75) is 19.4 Å². The molecule has 0 spiro atoms. The van der Waals surface area contributed by atoms with Crippen molar-refractivity contribution in [1.82, 2.24) is 15.5 Å². The van der Waals surface area contributed by atoms with E-state index in [0.29, 0.717) is 19.7 Å². The van der Waals surface area contributed by atoms with Gasteiger partial charge in [-0.15, -0.1) is 0 Å². The van der Waals surface area contributed by atoms with Gasteiger partial charge in [-0.1, -0.05) is 6.92 Å². The molecule has 1 aliphatic rings. The fraction of sp³-hybridized carbons (Fsp3) is 0.818. The smallest absolute Gasteiger partial charge is 0.253 e. The van der Waals surface area contributed by atoms with Crippen molar-refractivity contribution in [3.05, 3.63) is 0 Å². The molecular formula is C11H21N3O3.